The molecule has 0 heterocycles. The fourth-order valence-electron chi connectivity index (χ4n) is 14.3. The normalized spacial score (nSPS) is 35.6. The highest BCUT2D eigenvalue weighted by atomic mass is 35.5. The molecule has 0 spiro atoms. The van der Waals surface area contributed by atoms with Crippen molar-refractivity contribution in [2.75, 3.05) is 40.3 Å². The van der Waals surface area contributed by atoms with Crippen molar-refractivity contribution in [2.45, 2.75) is 126 Å². The van der Waals surface area contributed by atoms with E-state index in [2.05, 4.69) is 102 Å². The van der Waals surface area contributed by atoms with E-state index in [9.17, 15) is 19.5 Å². The third-order valence-corrected chi connectivity index (χ3v) is 17.7. The number of carbonyl (C=O) groups excluding carboxylic acids is 2. The molecule has 8 heteroatoms. The molecule has 0 aliphatic heterocycles. The fraction of sp³-hybridized carbons (Fsp3) is 0.700. The Hall–Kier alpha value is -2.74. The number of aliphatic carboxylic acids is 1. The van der Waals surface area contributed by atoms with Gasteiger partial charge in [0.15, 0.2) is 5.78 Å². The summed E-state index contributed by atoms with van der Waals surface area (Å²) in [5.41, 5.74) is 5.70. The van der Waals surface area contributed by atoms with E-state index in [0.717, 1.165) is 88.1 Å². The van der Waals surface area contributed by atoms with Gasteiger partial charge in [-0.2, -0.15) is 0 Å². The number of hydrogen-bond acceptors (Lipinski definition) is 5. The summed E-state index contributed by atoms with van der Waals surface area (Å²) in [5, 5.41) is 13.8. The van der Waals surface area contributed by atoms with E-state index in [-0.39, 0.29) is 51.1 Å². The first-order valence-corrected chi connectivity index (χ1v) is 23.0. The molecule has 0 radical (unpaired) electrons. The van der Waals surface area contributed by atoms with Crippen LogP contribution in [0, 0.1) is 56.7 Å². The van der Waals surface area contributed by atoms with E-state index < -0.39 is 11.4 Å². The molecular formula is C50H72ClN3O4. The highest BCUT2D eigenvalue weighted by Crippen LogP contribution is 2.76. The summed E-state index contributed by atoms with van der Waals surface area (Å²) in [6.07, 6.45) is 14.6. The molecule has 0 aromatic heterocycles. The predicted octanol–water partition coefficient (Wildman–Crippen LogP) is 10.1. The number of Topliss-reactive ketones (excluding diaryl/α,β-unsaturated/α-hetero) is 1. The summed E-state index contributed by atoms with van der Waals surface area (Å²) in [7, 11) is 4.18. The minimum atomic E-state index is -0.756. The van der Waals surface area contributed by atoms with E-state index in [4.69, 9.17) is 11.6 Å². The molecule has 2 N–H and O–H groups in total. The number of nitrogens with one attached hydrogen (secondary N) is 1. The zero-order valence-corrected chi connectivity index (χ0v) is 37.9. The van der Waals surface area contributed by atoms with Gasteiger partial charge < -0.3 is 15.3 Å². The molecule has 3 fully saturated rings. The maximum Gasteiger partial charge on any atom is 0.306 e. The number of hydrogen-bond donors (Lipinski definition) is 2. The van der Waals surface area contributed by atoms with Crippen LogP contribution in [0.15, 0.2) is 58.7 Å². The van der Waals surface area contributed by atoms with Crippen LogP contribution in [-0.2, 0) is 20.9 Å². The predicted molar refractivity (Wildman–Crippen MR) is 234 cm³/mol. The SMILES string of the molecule is CC(C)C1=C2[C@H]3CC[C@@H]4C5(C)CC=C(C6=CC[C@@H](C(=O)O)CC6)C(C)(C)[C@H]5CC[C@@]4(C)[C@]3(C)CC[C@@]2(C(=O)NCCN(CCN(C)C)Cc2ccc(Cl)cc2)CC1=O. The second kappa shape index (κ2) is 15.9. The van der Waals surface area contributed by atoms with Crippen molar-refractivity contribution in [3.63, 3.8) is 0 Å². The summed E-state index contributed by atoms with van der Waals surface area (Å²) in [6, 6.07) is 8.04. The van der Waals surface area contributed by atoms with E-state index in [1.807, 2.05) is 12.1 Å². The van der Waals surface area contributed by atoms with Crippen molar-refractivity contribution in [1.82, 2.24) is 15.1 Å². The van der Waals surface area contributed by atoms with E-state index in [1.165, 1.54) is 28.7 Å². The molecule has 3 saturated carbocycles. The Labute approximate surface area is 354 Å². The van der Waals surface area contributed by atoms with Crippen LogP contribution in [0.2, 0.25) is 5.02 Å². The molecule has 7 rings (SSSR count). The minimum absolute atomic E-state index is 0.00978. The molecule has 1 unspecified atom stereocenters. The Bertz CT molecular complexity index is 1880. The molecule has 0 saturated heterocycles. The summed E-state index contributed by atoms with van der Waals surface area (Å²) < 4.78 is 0. The fourth-order valence-corrected chi connectivity index (χ4v) is 14.4. The van der Waals surface area contributed by atoms with Crippen LogP contribution in [0.25, 0.3) is 0 Å². The zero-order chi connectivity index (χ0) is 42.0. The lowest BCUT2D eigenvalue weighted by molar-refractivity contribution is -0.199. The lowest BCUT2D eigenvalue weighted by Crippen LogP contribution is -2.64. The quantitative estimate of drug-likeness (QED) is 0.219. The summed E-state index contributed by atoms with van der Waals surface area (Å²) >= 11 is 6.19. The molecule has 7 nitrogen and oxygen atoms in total. The van der Waals surface area contributed by atoms with Crippen molar-refractivity contribution >= 4 is 29.3 Å². The van der Waals surface area contributed by atoms with Crippen molar-refractivity contribution in [3.05, 3.63) is 69.3 Å². The average molecular weight is 815 g/mol. The summed E-state index contributed by atoms with van der Waals surface area (Å²) in [6.45, 7) is 20.9. The third-order valence-electron chi connectivity index (χ3n) is 17.4. The molecule has 6 aliphatic rings. The highest BCUT2D eigenvalue weighted by molar-refractivity contribution is 6.30. The molecule has 1 amide bonds. The van der Waals surface area contributed by atoms with Crippen molar-refractivity contribution in [2.24, 2.45) is 56.7 Å². The molecule has 318 valence electrons. The molecule has 58 heavy (non-hydrogen) atoms. The molecule has 6 aliphatic carbocycles. The number of carbonyl (C=O) groups is 3. The maximum absolute atomic E-state index is 14.8. The number of ketones is 1. The van der Waals surface area contributed by atoms with Crippen LogP contribution in [0.4, 0.5) is 0 Å². The molecule has 1 aromatic rings. The number of fused-ring (bicyclic) bond motifs is 7. The monoisotopic (exact) mass is 814 g/mol. The van der Waals surface area contributed by atoms with Gasteiger partial charge in [-0.25, -0.2) is 0 Å². The second-order valence-corrected chi connectivity index (χ2v) is 21.8. The van der Waals surface area contributed by atoms with Gasteiger partial charge in [-0.3, -0.25) is 19.3 Å². The van der Waals surface area contributed by atoms with Gasteiger partial charge in [0, 0.05) is 44.2 Å². The summed E-state index contributed by atoms with van der Waals surface area (Å²) in [4.78, 5) is 45.4. The average Bonchev–Trinajstić information content (AvgIpc) is 3.48. The third kappa shape index (κ3) is 7.19. The Morgan fingerprint density at radius 2 is 1.62 bits per heavy atom. The number of nitrogens with zero attached hydrogens (tertiary/aromatic N) is 2. The van der Waals surface area contributed by atoms with Gasteiger partial charge in [-0.05, 0) is 164 Å². The van der Waals surface area contributed by atoms with E-state index in [0.29, 0.717) is 31.2 Å². The molecule has 8 atom stereocenters. The number of amides is 1. The summed E-state index contributed by atoms with van der Waals surface area (Å²) in [5.74, 6) is 0.721. The molecular weight excluding hydrogens is 742 g/mol. The number of rotatable bonds is 12. The van der Waals surface area contributed by atoms with Crippen molar-refractivity contribution in [1.29, 1.82) is 0 Å². The second-order valence-electron chi connectivity index (χ2n) is 21.3. The van der Waals surface area contributed by atoms with Gasteiger partial charge in [-0.15, -0.1) is 0 Å². The number of carboxylic acid groups (broad SMARTS) is 1. The van der Waals surface area contributed by atoms with Crippen LogP contribution in [0.3, 0.4) is 0 Å². The zero-order valence-electron chi connectivity index (χ0n) is 37.1. The first kappa shape index (κ1) is 43.4. The van der Waals surface area contributed by atoms with Crippen LogP contribution < -0.4 is 5.32 Å². The number of benzene rings is 1. The maximum atomic E-state index is 14.8. The van der Waals surface area contributed by atoms with Crippen LogP contribution in [-0.4, -0.2) is 72.8 Å². The van der Waals surface area contributed by atoms with Gasteiger partial charge in [0.05, 0.1) is 11.3 Å². The van der Waals surface area contributed by atoms with Crippen molar-refractivity contribution < 1.29 is 19.5 Å². The minimum Gasteiger partial charge on any atom is -0.481 e. The van der Waals surface area contributed by atoms with E-state index in [1.54, 1.807) is 0 Å². The van der Waals surface area contributed by atoms with Crippen molar-refractivity contribution in [3.8, 4) is 0 Å². The van der Waals surface area contributed by atoms with Gasteiger partial charge in [-0.1, -0.05) is 84.4 Å². The molecule has 1 aromatic carbocycles. The standard InChI is InChI=1S/C50H72ClN3O4/c1-32(2)42-39(55)30-50(45(58)52-26-27-54(29-28-53(8)9)31-33-10-16-36(51)17-11-33)25-24-48(6)38(43(42)50)18-19-41-47(5)22-20-37(34-12-14-35(15-13-34)44(56)57)46(3,4)40(47)21-23-49(41,48)7/h10-12,16-17,20,32,35,38,40-41H,13-15,18-19,21-31H2,1-9H3,(H,52,58)(H,56,57)/t35-,38-,40-,41-,47?,48-,49-,50-/m1/s1. The number of halogens is 1. The Balaban J connectivity index is 1.13. The number of allylic oxidation sites excluding steroid dienone is 5. The first-order chi connectivity index (χ1) is 27.3. The smallest absolute Gasteiger partial charge is 0.306 e. The van der Waals surface area contributed by atoms with E-state index >= 15 is 0 Å². The van der Waals surface area contributed by atoms with Gasteiger partial charge in [0.1, 0.15) is 0 Å². The largest absolute Gasteiger partial charge is 0.481 e. The highest BCUT2D eigenvalue weighted by Gasteiger charge is 2.70. The van der Waals surface area contributed by atoms with Crippen LogP contribution in [0.5, 0.6) is 0 Å². The lowest BCUT2D eigenvalue weighted by atomic mass is 9.33. The van der Waals surface area contributed by atoms with Gasteiger partial charge in [0.25, 0.3) is 0 Å². The number of likely N-dealkylation sites (N-methyl/N-ethyl adjacent to an activating group) is 1. The van der Waals surface area contributed by atoms with Crippen LogP contribution >= 0.6 is 11.6 Å². The first-order valence-electron chi connectivity index (χ1n) is 22.6. The Morgan fingerprint density at radius 3 is 2.26 bits per heavy atom. The lowest BCUT2D eigenvalue weighted by Gasteiger charge is -2.71. The number of carboxylic acids is 1. The Morgan fingerprint density at radius 1 is 0.897 bits per heavy atom. The Kier molecular flexibility index (Phi) is 11.9. The van der Waals surface area contributed by atoms with Crippen LogP contribution in [0.1, 0.15) is 125 Å². The molecule has 0 bridgehead atoms. The van der Waals surface area contributed by atoms with Gasteiger partial charge >= 0.3 is 5.97 Å². The topological polar surface area (TPSA) is 89.9 Å². The van der Waals surface area contributed by atoms with Gasteiger partial charge in [0.2, 0.25) is 5.91 Å².